The average Bonchev–Trinajstić information content (AvgIpc) is 2.76. The van der Waals surface area contributed by atoms with Crippen molar-refractivity contribution in [2.45, 2.75) is 52.1 Å². The predicted octanol–water partition coefficient (Wildman–Crippen LogP) is 4.11. The van der Waals surface area contributed by atoms with Crippen LogP contribution in [0.1, 0.15) is 56.8 Å². The summed E-state index contributed by atoms with van der Waals surface area (Å²) in [5, 5.41) is 10.4. The SMILES string of the molecule is CCCc1ccc(C(O)C2CCCC2C)cc1. The fraction of sp³-hybridized carbons (Fsp3) is 0.625. The zero-order chi connectivity index (χ0) is 12.3. The molecule has 3 atom stereocenters. The lowest BCUT2D eigenvalue weighted by atomic mass is 9.88. The van der Waals surface area contributed by atoms with Crippen LogP contribution in [0.15, 0.2) is 24.3 Å². The van der Waals surface area contributed by atoms with E-state index in [-0.39, 0.29) is 6.10 Å². The molecule has 1 fully saturated rings. The molecule has 94 valence electrons. The maximum atomic E-state index is 10.4. The van der Waals surface area contributed by atoms with Gasteiger partial charge < -0.3 is 5.11 Å². The van der Waals surface area contributed by atoms with Gasteiger partial charge in [0.2, 0.25) is 0 Å². The van der Waals surface area contributed by atoms with Crippen LogP contribution in [0.2, 0.25) is 0 Å². The highest BCUT2D eigenvalue weighted by Crippen LogP contribution is 2.39. The molecule has 0 radical (unpaired) electrons. The van der Waals surface area contributed by atoms with Gasteiger partial charge in [0.1, 0.15) is 0 Å². The first-order valence-corrected chi connectivity index (χ1v) is 6.99. The monoisotopic (exact) mass is 232 g/mol. The van der Waals surface area contributed by atoms with Crippen LogP contribution in [-0.2, 0) is 6.42 Å². The van der Waals surface area contributed by atoms with Gasteiger partial charge in [0.15, 0.2) is 0 Å². The number of aryl methyl sites for hydroxylation is 1. The van der Waals surface area contributed by atoms with Crippen molar-refractivity contribution in [3.63, 3.8) is 0 Å². The second kappa shape index (κ2) is 5.68. The maximum absolute atomic E-state index is 10.4. The highest BCUT2D eigenvalue weighted by atomic mass is 16.3. The molecule has 0 heterocycles. The Balaban J connectivity index is 2.05. The second-order valence-corrected chi connectivity index (χ2v) is 5.51. The van der Waals surface area contributed by atoms with E-state index in [0.29, 0.717) is 11.8 Å². The number of benzene rings is 1. The Morgan fingerprint density at radius 2 is 1.94 bits per heavy atom. The van der Waals surface area contributed by atoms with Gasteiger partial charge in [-0.3, -0.25) is 0 Å². The van der Waals surface area contributed by atoms with Crippen LogP contribution in [0, 0.1) is 11.8 Å². The Kier molecular flexibility index (Phi) is 4.22. The molecule has 3 unspecified atom stereocenters. The van der Waals surface area contributed by atoms with E-state index in [0.717, 1.165) is 12.0 Å². The van der Waals surface area contributed by atoms with E-state index in [1.807, 2.05) is 0 Å². The fourth-order valence-electron chi connectivity index (χ4n) is 3.06. The molecule has 2 rings (SSSR count). The van der Waals surface area contributed by atoms with Gasteiger partial charge in [-0.05, 0) is 35.8 Å². The summed E-state index contributed by atoms with van der Waals surface area (Å²) >= 11 is 0. The molecule has 1 nitrogen and oxygen atoms in total. The molecule has 1 aliphatic rings. The zero-order valence-corrected chi connectivity index (χ0v) is 11.0. The largest absolute Gasteiger partial charge is 0.388 e. The molecule has 1 N–H and O–H groups in total. The summed E-state index contributed by atoms with van der Waals surface area (Å²) < 4.78 is 0. The first-order valence-electron chi connectivity index (χ1n) is 6.99. The molecule has 1 saturated carbocycles. The Hall–Kier alpha value is -0.820. The van der Waals surface area contributed by atoms with Gasteiger partial charge in [-0.1, -0.05) is 57.4 Å². The smallest absolute Gasteiger partial charge is 0.0820 e. The molecule has 17 heavy (non-hydrogen) atoms. The van der Waals surface area contributed by atoms with E-state index in [1.54, 1.807) is 0 Å². The molecule has 0 amide bonds. The Labute approximate surface area is 105 Å². The minimum absolute atomic E-state index is 0.261. The standard InChI is InChI=1S/C16H24O/c1-3-5-13-8-10-14(11-9-13)16(17)15-7-4-6-12(15)2/h8-12,15-17H,3-7H2,1-2H3. The fourth-order valence-corrected chi connectivity index (χ4v) is 3.06. The number of aliphatic hydroxyl groups excluding tert-OH is 1. The van der Waals surface area contributed by atoms with Crippen molar-refractivity contribution in [3.8, 4) is 0 Å². The van der Waals surface area contributed by atoms with Crippen LogP contribution >= 0.6 is 0 Å². The lowest BCUT2D eigenvalue weighted by Gasteiger charge is -2.22. The van der Waals surface area contributed by atoms with Crippen molar-refractivity contribution >= 4 is 0 Å². The minimum Gasteiger partial charge on any atom is -0.388 e. The molecule has 1 aromatic carbocycles. The molecular formula is C16H24O. The van der Waals surface area contributed by atoms with E-state index in [9.17, 15) is 5.11 Å². The summed E-state index contributed by atoms with van der Waals surface area (Å²) in [6.45, 7) is 4.47. The summed E-state index contributed by atoms with van der Waals surface area (Å²) in [6.07, 6.45) is 5.78. The zero-order valence-electron chi connectivity index (χ0n) is 11.0. The van der Waals surface area contributed by atoms with Crippen LogP contribution in [0.5, 0.6) is 0 Å². The number of rotatable bonds is 4. The number of aliphatic hydroxyl groups is 1. The summed E-state index contributed by atoms with van der Waals surface area (Å²) in [5.41, 5.74) is 2.48. The van der Waals surface area contributed by atoms with Gasteiger partial charge in [-0.2, -0.15) is 0 Å². The lowest BCUT2D eigenvalue weighted by molar-refractivity contribution is 0.0900. The summed E-state index contributed by atoms with van der Waals surface area (Å²) in [7, 11) is 0. The van der Waals surface area contributed by atoms with Gasteiger partial charge in [0.05, 0.1) is 6.10 Å². The Bertz CT molecular complexity index is 341. The third-order valence-corrected chi connectivity index (χ3v) is 4.19. The van der Waals surface area contributed by atoms with Crippen LogP contribution in [0.3, 0.4) is 0 Å². The molecular weight excluding hydrogens is 208 g/mol. The molecule has 0 saturated heterocycles. The second-order valence-electron chi connectivity index (χ2n) is 5.51. The first-order chi connectivity index (χ1) is 8.22. The van der Waals surface area contributed by atoms with E-state index in [4.69, 9.17) is 0 Å². The van der Waals surface area contributed by atoms with Crippen LogP contribution in [0.25, 0.3) is 0 Å². The Morgan fingerprint density at radius 3 is 2.47 bits per heavy atom. The van der Waals surface area contributed by atoms with E-state index < -0.39 is 0 Å². The van der Waals surface area contributed by atoms with E-state index >= 15 is 0 Å². The lowest BCUT2D eigenvalue weighted by Crippen LogP contribution is -2.15. The molecule has 1 aliphatic carbocycles. The van der Waals surface area contributed by atoms with Gasteiger partial charge in [-0.25, -0.2) is 0 Å². The number of hydrogen-bond acceptors (Lipinski definition) is 1. The van der Waals surface area contributed by atoms with Crippen molar-refractivity contribution in [1.29, 1.82) is 0 Å². The number of hydrogen-bond donors (Lipinski definition) is 1. The quantitative estimate of drug-likeness (QED) is 0.828. The van der Waals surface area contributed by atoms with Crippen LogP contribution in [-0.4, -0.2) is 5.11 Å². The molecule has 1 aromatic rings. The molecule has 0 aromatic heterocycles. The molecule has 0 spiro atoms. The maximum Gasteiger partial charge on any atom is 0.0820 e. The van der Waals surface area contributed by atoms with Gasteiger partial charge >= 0.3 is 0 Å². The highest BCUT2D eigenvalue weighted by molar-refractivity contribution is 5.25. The highest BCUT2D eigenvalue weighted by Gasteiger charge is 2.30. The third-order valence-electron chi connectivity index (χ3n) is 4.19. The van der Waals surface area contributed by atoms with Gasteiger partial charge in [0, 0.05) is 0 Å². The van der Waals surface area contributed by atoms with Crippen LogP contribution in [0.4, 0.5) is 0 Å². The van der Waals surface area contributed by atoms with Gasteiger partial charge in [0.25, 0.3) is 0 Å². The molecule has 0 bridgehead atoms. The summed E-state index contributed by atoms with van der Waals surface area (Å²) in [5.74, 6) is 1.13. The van der Waals surface area contributed by atoms with E-state index in [2.05, 4.69) is 38.1 Å². The predicted molar refractivity (Wildman–Crippen MR) is 71.9 cm³/mol. The molecule has 0 aliphatic heterocycles. The molecule has 1 heteroatoms. The van der Waals surface area contributed by atoms with Crippen molar-refractivity contribution in [2.24, 2.45) is 11.8 Å². The normalized spacial score (nSPS) is 26.1. The van der Waals surface area contributed by atoms with Crippen molar-refractivity contribution in [1.82, 2.24) is 0 Å². The van der Waals surface area contributed by atoms with Crippen molar-refractivity contribution in [2.75, 3.05) is 0 Å². The Morgan fingerprint density at radius 1 is 1.24 bits per heavy atom. The van der Waals surface area contributed by atoms with Gasteiger partial charge in [-0.15, -0.1) is 0 Å². The minimum atomic E-state index is -0.261. The van der Waals surface area contributed by atoms with Crippen molar-refractivity contribution < 1.29 is 5.11 Å². The van der Waals surface area contributed by atoms with E-state index in [1.165, 1.54) is 31.2 Å². The topological polar surface area (TPSA) is 20.2 Å². The van der Waals surface area contributed by atoms with Crippen LogP contribution < -0.4 is 0 Å². The summed E-state index contributed by atoms with van der Waals surface area (Å²) in [4.78, 5) is 0. The third kappa shape index (κ3) is 2.90. The summed E-state index contributed by atoms with van der Waals surface area (Å²) in [6, 6.07) is 8.56. The average molecular weight is 232 g/mol. The van der Waals surface area contributed by atoms with Crippen molar-refractivity contribution in [3.05, 3.63) is 35.4 Å². The first kappa shape index (κ1) is 12.6.